The van der Waals surface area contributed by atoms with Gasteiger partial charge in [-0.2, -0.15) is 0 Å². The zero-order valence-corrected chi connectivity index (χ0v) is 15.0. The number of rotatable bonds is 5. The van der Waals surface area contributed by atoms with E-state index in [2.05, 4.69) is 12.2 Å². The number of hydrogen-bond acceptors (Lipinski definition) is 3. The van der Waals surface area contributed by atoms with E-state index in [1.807, 2.05) is 43.0 Å². The summed E-state index contributed by atoms with van der Waals surface area (Å²) in [7, 11) is 0. The average Bonchev–Trinajstić information content (AvgIpc) is 2.55. The number of carbonyl (C=O) groups excluding carboxylic acids is 2. The third-order valence-corrected chi connectivity index (χ3v) is 5.37. The second-order valence-corrected chi connectivity index (χ2v) is 7.70. The highest BCUT2D eigenvalue weighted by atomic mass is 32.2. The van der Waals surface area contributed by atoms with E-state index in [0.717, 1.165) is 37.2 Å². The molecule has 0 saturated carbocycles. The Hall–Kier alpha value is -1.49. The molecule has 0 aromatic heterocycles. The fourth-order valence-corrected chi connectivity index (χ4v) is 3.36. The molecule has 1 atom stereocenters. The van der Waals surface area contributed by atoms with Crippen molar-refractivity contribution in [3.63, 3.8) is 0 Å². The molecule has 1 fully saturated rings. The highest BCUT2D eigenvalue weighted by Crippen LogP contribution is 2.20. The largest absolute Gasteiger partial charge is 0.342 e. The molecule has 23 heavy (non-hydrogen) atoms. The van der Waals surface area contributed by atoms with Crippen LogP contribution < -0.4 is 5.32 Å². The van der Waals surface area contributed by atoms with Gasteiger partial charge in [-0.25, -0.2) is 0 Å². The Balaban J connectivity index is 1.74. The van der Waals surface area contributed by atoms with E-state index in [0.29, 0.717) is 11.7 Å². The quantitative estimate of drug-likeness (QED) is 0.899. The molecule has 0 aliphatic carbocycles. The van der Waals surface area contributed by atoms with Gasteiger partial charge in [-0.15, -0.1) is 11.8 Å². The van der Waals surface area contributed by atoms with Crippen LogP contribution in [0.25, 0.3) is 0 Å². The third-order valence-electron chi connectivity index (χ3n) is 4.24. The molecule has 0 radical (unpaired) electrons. The van der Waals surface area contributed by atoms with E-state index < -0.39 is 0 Å². The van der Waals surface area contributed by atoms with Crippen molar-refractivity contribution in [2.24, 2.45) is 5.92 Å². The Bertz CT molecular complexity index is 536. The van der Waals surface area contributed by atoms with Crippen molar-refractivity contribution < 1.29 is 9.59 Å². The second-order valence-electron chi connectivity index (χ2n) is 6.38. The minimum absolute atomic E-state index is 0.0641. The first-order valence-corrected chi connectivity index (χ1v) is 9.27. The average molecular weight is 334 g/mol. The number of amides is 2. The smallest absolute Gasteiger partial charge is 0.235 e. The number of nitrogens with one attached hydrogen (secondary N) is 1. The van der Waals surface area contributed by atoms with Gasteiger partial charge in [-0.3, -0.25) is 9.59 Å². The standard InChI is InChI=1S/C18H26N2O2S/c1-13-4-6-16(7-5-13)19-17(21)12-23-15(3)18(22)20-10-8-14(2)9-11-20/h4-7,14-15H,8-12H2,1-3H3,(H,19,21)/t15-/m0/s1. The Morgan fingerprint density at radius 3 is 2.48 bits per heavy atom. The fourth-order valence-electron chi connectivity index (χ4n) is 2.59. The van der Waals surface area contributed by atoms with Crippen LogP contribution in [0.2, 0.25) is 0 Å². The lowest BCUT2D eigenvalue weighted by Crippen LogP contribution is -2.42. The third kappa shape index (κ3) is 5.57. The van der Waals surface area contributed by atoms with Gasteiger partial charge in [0.15, 0.2) is 0 Å². The molecule has 1 aromatic rings. The van der Waals surface area contributed by atoms with Gasteiger partial charge in [-0.05, 0) is 44.7 Å². The second kappa shape index (κ2) is 8.39. The van der Waals surface area contributed by atoms with Crippen molar-refractivity contribution in [3.05, 3.63) is 29.8 Å². The van der Waals surface area contributed by atoms with Gasteiger partial charge in [0.25, 0.3) is 0 Å². The molecule has 2 rings (SSSR count). The van der Waals surface area contributed by atoms with Crippen LogP contribution in [0.4, 0.5) is 5.69 Å². The van der Waals surface area contributed by atoms with Crippen LogP contribution in [0.15, 0.2) is 24.3 Å². The van der Waals surface area contributed by atoms with Crippen molar-refractivity contribution in [1.29, 1.82) is 0 Å². The van der Waals surface area contributed by atoms with Gasteiger partial charge in [-0.1, -0.05) is 24.6 Å². The Labute approximate surface area is 143 Å². The van der Waals surface area contributed by atoms with Crippen LogP contribution in [0, 0.1) is 12.8 Å². The molecule has 1 N–H and O–H groups in total. The fraction of sp³-hybridized carbons (Fsp3) is 0.556. The van der Waals surface area contributed by atoms with Crippen LogP contribution in [0.3, 0.4) is 0 Å². The Morgan fingerprint density at radius 1 is 1.26 bits per heavy atom. The number of hydrogen-bond donors (Lipinski definition) is 1. The normalized spacial score (nSPS) is 16.9. The molecule has 126 valence electrons. The van der Waals surface area contributed by atoms with E-state index in [-0.39, 0.29) is 17.1 Å². The van der Waals surface area contributed by atoms with Crippen molar-refractivity contribution in [2.45, 2.75) is 38.9 Å². The lowest BCUT2D eigenvalue weighted by Gasteiger charge is -2.32. The van der Waals surface area contributed by atoms with Crippen LogP contribution in [0.1, 0.15) is 32.3 Å². The van der Waals surface area contributed by atoms with Gasteiger partial charge >= 0.3 is 0 Å². The molecular formula is C18H26N2O2S. The van der Waals surface area contributed by atoms with E-state index in [1.54, 1.807) is 0 Å². The summed E-state index contributed by atoms with van der Waals surface area (Å²) in [5.41, 5.74) is 1.96. The van der Waals surface area contributed by atoms with Crippen LogP contribution in [-0.4, -0.2) is 40.8 Å². The van der Waals surface area contributed by atoms with Crippen LogP contribution in [0.5, 0.6) is 0 Å². The summed E-state index contributed by atoms with van der Waals surface area (Å²) in [6.07, 6.45) is 2.16. The Kier molecular flexibility index (Phi) is 6.51. The lowest BCUT2D eigenvalue weighted by atomic mass is 9.99. The number of anilines is 1. The zero-order chi connectivity index (χ0) is 16.8. The van der Waals surface area contributed by atoms with E-state index >= 15 is 0 Å². The monoisotopic (exact) mass is 334 g/mol. The molecule has 1 aliphatic heterocycles. The molecule has 4 nitrogen and oxygen atoms in total. The van der Waals surface area contributed by atoms with Gasteiger partial charge in [0.1, 0.15) is 0 Å². The van der Waals surface area contributed by atoms with Crippen LogP contribution in [-0.2, 0) is 9.59 Å². The van der Waals surface area contributed by atoms with Gasteiger partial charge in [0, 0.05) is 18.8 Å². The minimum atomic E-state index is -0.174. The molecular weight excluding hydrogens is 308 g/mol. The molecule has 5 heteroatoms. The van der Waals surface area contributed by atoms with Gasteiger partial charge < -0.3 is 10.2 Å². The number of benzene rings is 1. The molecule has 0 unspecified atom stereocenters. The van der Waals surface area contributed by atoms with Crippen LogP contribution >= 0.6 is 11.8 Å². The number of piperidine rings is 1. The minimum Gasteiger partial charge on any atom is -0.342 e. The molecule has 1 heterocycles. The number of aryl methyl sites for hydroxylation is 1. The van der Waals surface area contributed by atoms with Crippen molar-refractivity contribution in [2.75, 3.05) is 24.2 Å². The maximum atomic E-state index is 12.4. The van der Waals surface area contributed by atoms with Crippen molar-refractivity contribution in [3.8, 4) is 0 Å². The molecule has 1 aliphatic rings. The molecule has 0 spiro atoms. The SMILES string of the molecule is Cc1ccc(NC(=O)CS[C@@H](C)C(=O)N2CCC(C)CC2)cc1. The number of nitrogens with zero attached hydrogens (tertiary/aromatic N) is 1. The number of carbonyl (C=O) groups is 2. The highest BCUT2D eigenvalue weighted by Gasteiger charge is 2.25. The molecule has 1 aromatic carbocycles. The predicted molar refractivity (Wildman–Crippen MR) is 96.7 cm³/mol. The highest BCUT2D eigenvalue weighted by molar-refractivity contribution is 8.01. The number of likely N-dealkylation sites (tertiary alicyclic amines) is 1. The van der Waals surface area contributed by atoms with Crippen molar-refractivity contribution >= 4 is 29.3 Å². The maximum absolute atomic E-state index is 12.4. The van der Waals surface area contributed by atoms with E-state index in [1.165, 1.54) is 11.8 Å². The summed E-state index contributed by atoms with van der Waals surface area (Å²) in [6.45, 7) is 7.83. The first-order valence-electron chi connectivity index (χ1n) is 8.22. The summed E-state index contributed by atoms with van der Waals surface area (Å²) in [6, 6.07) is 7.71. The zero-order valence-electron chi connectivity index (χ0n) is 14.2. The number of thioether (sulfide) groups is 1. The summed E-state index contributed by atoms with van der Waals surface area (Å²) < 4.78 is 0. The molecule has 0 bridgehead atoms. The summed E-state index contributed by atoms with van der Waals surface area (Å²) >= 11 is 1.41. The topological polar surface area (TPSA) is 49.4 Å². The predicted octanol–water partition coefficient (Wildman–Crippen LogP) is 3.31. The summed E-state index contributed by atoms with van der Waals surface area (Å²) in [4.78, 5) is 26.3. The maximum Gasteiger partial charge on any atom is 0.235 e. The Morgan fingerprint density at radius 2 is 1.87 bits per heavy atom. The lowest BCUT2D eigenvalue weighted by molar-refractivity contribution is -0.131. The molecule has 1 saturated heterocycles. The summed E-state index contributed by atoms with van der Waals surface area (Å²) in [5, 5.41) is 2.69. The van der Waals surface area contributed by atoms with Crippen molar-refractivity contribution in [1.82, 2.24) is 4.90 Å². The van der Waals surface area contributed by atoms with Gasteiger partial charge in [0.05, 0.1) is 11.0 Å². The molecule has 2 amide bonds. The van der Waals surface area contributed by atoms with E-state index in [9.17, 15) is 9.59 Å². The first-order chi connectivity index (χ1) is 11.0. The van der Waals surface area contributed by atoms with E-state index in [4.69, 9.17) is 0 Å². The van der Waals surface area contributed by atoms with Gasteiger partial charge in [0.2, 0.25) is 11.8 Å². The first kappa shape index (κ1) is 17.9. The summed E-state index contributed by atoms with van der Waals surface area (Å²) in [5.74, 6) is 1.10.